The number of benzene rings is 8. The maximum absolute atomic E-state index is 14.1. The van der Waals surface area contributed by atoms with Gasteiger partial charge in [-0.05, 0) is 121 Å². The van der Waals surface area contributed by atoms with Crippen LogP contribution in [0.3, 0.4) is 0 Å². The first-order valence-corrected chi connectivity index (χ1v) is 22.6. The molecule has 1 heterocycles. The number of para-hydroxylation sites is 2. The molecule has 0 aliphatic carbocycles. The lowest BCUT2D eigenvalue weighted by molar-refractivity contribution is 0.0599. The zero-order valence-electron chi connectivity index (χ0n) is 35.5. The molecule has 63 heavy (non-hydrogen) atoms. The predicted molar refractivity (Wildman–Crippen MR) is 252 cm³/mol. The van der Waals surface area contributed by atoms with Crippen molar-refractivity contribution >= 4 is 62.0 Å². The van der Waals surface area contributed by atoms with Gasteiger partial charge in [0.1, 0.15) is 22.8 Å². The largest absolute Gasteiger partial charge is 0.530 e. The highest BCUT2D eigenvalue weighted by Crippen LogP contribution is 2.59. The van der Waals surface area contributed by atoms with Crippen molar-refractivity contribution in [1.29, 1.82) is 0 Å². The van der Waals surface area contributed by atoms with Gasteiger partial charge in [-0.1, -0.05) is 114 Å². The molecule has 1 aliphatic heterocycles. The van der Waals surface area contributed by atoms with Crippen molar-refractivity contribution in [2.75, 3.05) is 11.8 Å². The number of methoxy groups -OCH3 is 1. The fraction of sp³-hybridized carbons (Fsp3) is 0.115. The number of fused-ring (bicyclic) bond motifs is 3. The molecule has 0 aromatic heterocycles. The predicted octanol–water partition coefficient (Wildman–Crippen LogP) is 14.4. The molecule has 9 rings (SSSR count). The van der Waals surface area contributed by atoms with Gasteiger partial charge in [0, 0.05) is 11.1 Å². The first-order valence-electron chi connectivity index (χ1n) is 20.4. The van der Waals surface area contributed by atoms with E-state index in [9.17, 15) is 9.59 Å². The maximum atomic E-state index is 14.1. The Morgan fingerprint density at radius 2 is 1.14 bits per heavy atom. The van der Waals surface area contributed by atoms with Crippen molar-refractivity contribution in [2.45, 2.75) is 34.6 Å². The Morgan fingerprint density at radius 3 is 1.76 bits per heavy atom. The van der Waals surface area contributed by atoms with Crippen molar-refractivity contribution in [3.05, 3.63) is 191 Å². The van der Waals surface area contributed by atoms with Crippen LogP contribution in [0.2, 0.25) is 0 Å². The Balaban J connectivity index is 1.30. The van der Waals surface area contributed by atoms with Gasteiger partial charge in [-0.15, -0.1) is 0 Å². The number of carbonyl (C=O) groups is 2. The molecule has 0 saturated heterocycles. The number of hydrogen-bond donors (Lipinski definition) is 0. The Labute approximate surface area is 368 Å². The molecule has 1 unspecified atom stereocenters. The van der Waals surface area contributed by atoms with Crippen LogP contribution in [0, 0.1) is 34.6 Å². The summed E-state index contributed by atoms with van der Waals surface area (Å²) in [5.41, 5.74) is 7.82. The van der Waals surface area contributed by atoms with E-state index in [4.69, 9.17) is 27.4 Å². The Hall–Kier alpha value is -6.92. The summed E-state index contributed by atoms with van der Waals surface area (Å²) < 4.78 is 41.3. The third-order valence-electron chi connectivity index (χ3n) is 10.9. The van der Waals surface area contributed by atoms with Gasteiger partial charge >= 0.3 is 29.1 Å². The standard InChI is InChI=1S/C52H43NO8P2/c1-32-24-26-45(34(3)28-32)57-63(58-46-27-25-33(2)29-35(46)4)60-49-36(5)30-37-16-10-12-20-40(37)47(49)48-41-21-13-11-17-38(41)31-43(51(54)56-6)50(48)59-62-53(39-18-8-7-9-19-39)44-23-15-14-22-42(44)52(55)61-62/h7-31H,1-6H3. The van der Waals surface area contributed by atoms with Crippen LogP contribution in [-0.2, 0) is 9.26 Å². The lowest BCUT2D eigenvalue weighted by atomic mass is 9.89. The zero-order chi connectivity index (χ0) is 43.8. The summed E-state index contributed by atoms with van der Waals surface area (Å²) in [7, 11) is -3.15. The van der Waals surface area contributed by atoms with Crippen molar-refractivity contribution in [1.82, 2.24) is 0 Å². The molecule has 1 aliphatic rings. The van der Waals surface area contributed by atoms with Gasteiger partial charge in [-0.25, -0.2) is 9.59 Å². The molecule has 8 aromatic rings. The lowest BCUT2D eigenvalue weighted by Crippen LogP contribution is -2.25. The summed E-state index contributed by atoms with van der Waals surface area (Å²) in [6.45, 7) is 10.0. The summed E-state index contributed by atoms with van der Waals surface area (Å²) >= 11 is 0. The average molecular weight is 872 g/mol. The van der Waals surface area contributed by atoms with Crippen LogP contribution in [0.1, 0.15) is 48.5 Å². The van der Waals surface area contributed by atoms with E-state index in [-0.39, 0.29) is 11.3 Å². The monoisotopic (exact) mass is 871 g/mol. The second-order valence-corrected chi connectivity index (χ2v) is 17.6. The molecule has 11 heteroatoms. The van der Waals surface area contributed by atoms with E-state index in [1.165, 1.54) is 7.11 Å². The molecule has 0 spiro atoms. The van der Waals surface area contributed by atoms with Crippen molar-refractivity contribution < 1.29 is 36.9 Å². The fourth-order valence-corrected chi connectivity index (χ4v) is 10.6. The third-order valence-corrected chi connectivity index (χ3v) is 13.3. The van der Waals surface area contributed by atoms with Crippen LogP contribution in [0.4, 0.5) is 11.4 Å². The second kappa shape index (κ2) is 17.5. The molecule has 0 amide bonds. The number of aryl methyl sites for hydroxylation is 5. The smallest absolute Gasteiger partial charge is 0.465 e. The molecule has 9 nitrogen and oxygen atoms in total. The minimum absolute atomic E-state index is 0.133. The summed E-state index contributed by atoms with van der Waals surface area (Å²) in [4.78, 5) is 28.0. The van der Waals surface area contributed by atoms with Crippen LogP contribution in [0.5, 0.6) is 23.0 Å². The van der Waals surface area contributed by atoms with E-state index in [1.54, 1.807) is 18.2 Å². The molecule has 0 radical (unpaired) electrons. The summed E-state index contributed by atoms with van der Waals surface area (Å²) in [6, 6.07) is 48.3. The minimum Gasteiger partial charge on any atom is -0.465 e. The molecular formula is C52H43NO8P2. The Bertz CT molecular complexity index is 3010. The fourth-order valence-electron chi connectivity index (χ4n) is 7.88. The lowest BCUT2D eigenvalue weighted by Gasteiger charge is -2.35. The third kappa shape index (κ3) is 8.14. The zero-order valence-corrected chi connectivity index (χ0v) is 37.3. The number of carbonyl (C=O) groups excluding carboxylic acids is 2. The highest BCUT2D eigenvalue weighted by atomic mass is 31.2. The highest BCUT2D eigenvalue weighted by molar-refractivity contribution is 7.51. The van der Waals surface area contributed by atoms with Crippen LogP contribution < -0.4 is 22.8 Å². The van der Waals surface area contributed by atoms with Crippen molar-refractivity contribution in [3.63, 3.8) is 0 Å². The first kappa shape index (κ1) is 41.4. The van der Waals surface area contributed by atoms with Gasteiger partial charge in [0.15, 0.2) is 5.75 Å². The SMILES string of the molecule is COC(=O)c1cc2ccccc2c(-c2c(OP(Oc3ccc(C)cc3C)Oc3ccc(C)cc3C)c(C)cc3ccccc23)c1OP1OC(=O)c2ccccc2N1c1ccccc1. The molecule has 0 saturated carbocycles. The number of rotatable bonds is 11. The molecule has 1 atom stereocenters. The normalized spacial score (nSPS) is 13.4. The van der Waals surface area contributed by atoms with Crippen molar-refractivity contribution in [3.8, 4) is 34.1 Å². The Morgan fingerprint density at radius 1 is 0.587 bits per heavy atom. The van der Waals surface area contributed by atoms with Gasteiger partial charge in [0.05, 0.1) is 24.0 Å². The van der Waals surface area contributed by atoms with Gasteiger partial charge in [-0.3, -0.25) is 4.67 Å². The Kier molecular flexibility index (Phi) is 11.5. The van der Waals surface area contributed by atoms with E-state index >= 15 is 0 Å². The van der Waals surface area contributed by atoms with E-state index in [1.807, 2.05) is 155 Å². The van der Waals surface area contributed by atoms with Crippen LogP contribution in [0.25, 0.3) is 32.7 Å². The number of ether oxygens (including phenoxy) is 1. The van der Waals surface area contributed by atoms with Gasteiger partial charge in [0.25, 0.3) is 0 Å². The topological polar surface area (TPSA) is 92.8 Å². The highest BCUT2D eigenvalue weighted by Gasteiger charge is 2.40. The molecule has 0 bridgehead atoms. The van der Waals surface area contributed by atoms with E-state index < -0.39 is 29.1 Å². The van der Waals surface area contributed by atoms with Crippen LogP contribution in [-0.4, -0.2) is 19.0 Å². The molecule has 8 aromatic carbocycles. The van der Waals surface area contributed by atoms with E-state index in [0.29, 0.717) is 39.6 Å². The van der Waals surface area contributed by atoms with Gasteiger partial charge in [0.2, 0.25) is 0 Å². The summed E-state index contributed by atoms with van der Waals surface area (Å²) in [5, 5.41) is 3.22. The van der Waals surface area contributed by atoms with Gasteiger partial charge < -0.3 is 27.4 Å². The molecule has 0 fully saturated rings. The average Bonchev–Trinajstić information content (AvgIpc) is 3.28. The number of anilines is 2. The van der Waals surface area contributed by atoms with Crippen LogP contribution >= 0.6 is 17.1 Å². The molecule has 0 N–H and O–H groups in total. The molecular weight excluding hydrogens is 829 g/mol. The van der Waals surface area contributed by atoms with E-state index in [2.05, 4.69) is 18.2 Å². The maximum Gasteiger partial charge on any atom is 0.530 e. The molecule has 314 valence electrons. The summed E-state index contributed by atoms with van der Waals surface area (Å²) in [5.74, 6) is 0.637. The quantitative estimate of drug-likeness (QED) is 0.0930. The second-order valence-electron chi connectivity index (χ2n) is 15.4. The van der Waals surface area contributed by atoms with E-state index in [0.717, 1.165) is 55.0 Å². The number of esters is 1. The van der Waals surface area contributed by atoms with Crippen molar-refractivity contribution in [2.24, 2.45) is 0 Å². The number of nitrogens with zero attached hydrogens (tertiary/aromatic N) is 1. The minimum atomic E-state index is -2.29. The number of hydrogen-bond acceptors (Lipinski definition) is 9. The van der Waals surface area contributed by atoms with Gasteiger partial charge in [-0.2, -0.15) is 0 Å². The first-order chi connectivity index (χ1) is 30.6. The van der Waals surface area contributed by atoms with Crippen LogP contribution in [0.15, 0.2) is 152 Å². The summed E-state index contributed by atoms with van der Waals surface area (Å²) in [6.07, 6.45) is 0.